The van der Waals surface area contributed by atoms with E-state index in [0.717, 1.165) is 17.6 Å². The van der Waals surface area contributed by atoms with Gasteiger partial charge >= 0.3 is 0 Å². The largest absolute Gasteiger partial charge is 0.380 e. The Bertz CT molecular complexity index is 293. The van der Waals surface area contributed by atoms with E-state index in [4.69, 9.17) is 11.6 Å². The zero-order chi connectivity index (χ0) is 10.9. The van der Waals surface area contributed by atoms with Crippen molar-refractivity contribution in [3.63, 3.8) is 0 Å². The number of rotatable bonds is 2. The van der Waals surface area contributed by atoms with Gasteiger partial charge in [0.1, 0.15) is 5.60 Å². The molecule has 3 atom stereocenters. The molecular formula is C12H17ClO. The minimum atomic E-state index is -1.08. The van der Waals surface area contributed by atoms with Crippen LogP contribution in [-0.4, -0.2) is 16.1 Å². The van der Waals surface area contributed by atoms with E-state index in [1.807, 2.05) is 19.9 Å². The lowest BCUT2D eigenvalue weighted by molar-refractivity contribution is 0.102. The van der Waals surface area contributed by atoms with Crippen molar-refractivity contribution < 1.29 is 5.11 Å². The minimum absolute atomic E-state index is 0.128. The topological polar surface area (TPSA) is 20.2 Å². The first-order chi connectivity index (χ1) is 6.43. The van der Waals surface area contributed by atoms with Crippen LogP contribution in [0.2, 0.25) is 0 Å². The zero-order valence-corrected chi connectivity index (χ0v) is 9.51. The molecule has 1 aliphatic carbocycles. The molecule has 0 fully saturated rings. The van der Waals surface area contributed by atoms with Gasteiger partial charge in [-0.25, -0.2) is 0 Å². The van der Waals surface area contributed by atoms with Gasteiger partial charge < -0.3 is 5.11 Å². The summed E-state index contributed by atoms with van der Waals surface area (Å²) in [4.78, 5) is 0. The Labute approximate surface area is 90.8 Å². The van der Waals surface area contributed by atoms with Crippen molar-refractivity contribution in [2.24, 2.45) is 5.92 Å². The highest BCUT2D eigenvalue weighted by Gasteiger charge is 2.41. The molecule has 78 valence electrons. The molecule has 0 saturated heterocycles. The Balaban J connectivity index is 3.08. The Morgan fingerprint density at radius 2 is 2.36 bits per heavy atom. The summed E-state index contributed by atoms with van der Waals surface area (Å²) >= 11 is 6.26. The van der Waals surface area contributed by atoms with Crippen LogP contribution in [0.5, 0.6) is 0 Å². The quantitative estimate of drug-likeness (QED) is 0.551. The maximum absolute atomic E-state index is 10.3. The highest BCUT2D eigenvalue weighted by molar-refractivity contribution is 6.22. The first kappa shape index (κ1) is 11.5. The van der Waals surface area contributed by atoms with E-state index >= 15 is 0 Å². The van der Waals surface area contributed by atoms with Crippen molar-refractivity contribution in [1.82, 2.24) is 0 Å². The van der Waals surface area contributed by atoms with E-state index in [2.05, 4.69) is 13.2 Å². The van der Waals surface area contributed by atoms with Crippen LogP contribution in [-0.2, 0) is 0 Å². The summed E-state index contributed by atoms with van der Waals surface area (Å²) in [6.07, 6.45) is 4.39. The summed E-state index contributed by atoms with van der Waals surface area (Å²) in [6.45, 7) is 11.4. The molecule has 0 aliphatic heterocycles. The fraction of sp³-hybridized carbons (Fsp3) is 0.500. The van der Waals surface area contributed by atoms with Gasteiger partial charge in [0, 0.05) is 5.92 Å². The van der Waals surface area contributed by atoms with E-state index in [1.54, 1.807) is 0 Å². The van der Waals surface area contributed by atoms with Crippen molar-refractivity contribution in [3.05, 3.63) is 36.5 Å². The Kier molecular flexibility index (Phi) is 3.23. The van der Waals surface area contributed by atoms with Gasteiger partial charge in [-0.2, -0.15) is 0 Å². The van der Waals surface area contributed by atoms with Crippen LogP contribution in [0.3, 0.4) is 0 Å². The van der Waals surface area contributed by atoms with Crippen molar-refractivity contribution in [3.8, 4) is 0 Å². The Morgan fingerprint density at radius 3 is 2.79 bits per heavy atom. The summed E-state index contributed by atoms with van der Waals surface area (Å²) in [6, 6.07) is 0. The van der Waals surface area contributed by atoms with Crippen LogP contribution < -0.4 is 0 Å². The number of aliphatic hydroxyl groups is 1. The first-order valence-corrected chi connectivity index (χ1v) is 5.19. The van der Waals surface area contributed by atoms with Crippen LogP contribution in [0.15, 0.2) is 36.5 Å². The second kappa shape index (κ2) is 3.92. The zero-order valence-electron chi connectivity index (χ0n) is 8.76. The highest BCUT2D eigenvalue weighted by Crippen LogP contribution is 2.40. The molecule has 0 bridgehead atoms. The SMILES string of the molecule is C=C[C@]1(O)C(C)=CC[C@H](C(=C)C)[C@H]1Cl. The summed E-state index contributed by atoms with van der Waals surface area (Å²) in [5.41, 5.74) is 0.808. The van der Waals surface area contributed by atoms with Gasteiger partial charge in [-0.1, -0.05) is 30.9 Å². The smallest absolute Gasteiger partial charge is 0.120 e. The number of hydrogen-bond acceptors (Lipinski definition) is 1. The lowest BCUT2D eigenvalue weighted by Gasteiger charge is -2.39. The average Bonchev–Trinajstić information content (AvgIpc) is 2.14. The van der Waals surface area contributed by atoms with E-state index < -0.39 is 5.60 Å². The first-order valence-electron chi connectivity index (χ1n) is 4.76. The molecule has 0 radical (unpaired) electrons. The van der Waals surface area contributed by atoms with E-state index in [0.29, 0.717) is 0 Å². The van der Waals surface area contributed by atoms with E-state index in [9.17, 15) is 5.11 Å². The van der Waals surface area contributed by atoms with Gasteiger partial charge in [0.05, 0.1) is 5.38 Å². The molecule has 0 amide bonds. The molecule has 0 aromatic heterocycles. The fourth-order valence-electron chi connectivity index (χ4n) is 1.84. The lowest BCUT2D eigenvalue weighted by atomic mass is 9.75. The maximum atomic E-state index is 10.3. The molecule has 0 saturated carbocycles. The highest BCUT2D eigenvalue weighted by atomic mass is 35.5. The fourth-order valence-corrected chi connectivity index (χ4v) is 2.41. The van der Waals surface area contributed by atoms with Gasteiger partial charge in [0.25, 0.3) is 0 Å². The summed E-state index contributed by atoms with van der Waals surface area (Å²) < 4.78 is 0. The second-order valence-electron chi connectivity index (χ2n) is 4.01. The molecule has 14 heavy (non-hydrogen) atoms. The summed E-state index contributed by atoms with van der Waals surface area (Å²) in [7, 11) is 0. The number of alkyl halides is 1. The monoisotopic (exact) mass is 212 g/mol. The number of halogens is 1. The van der Waals surface area contributed by atoms with Gasteiger partial charge in [0.15, 0.2) is 0 Å². The predicted molar refractivity (Wildman–Crippen MR) is 61.5 cm³/mol. The third kappa shape index (κ3) is 1.67. The molecule has 1 rings (SSSR count). The third-order valence-corrected chi connectivity index (χ3v) is 3.66. The molecule has 0 aromatic rings. The van der Waals surface area contributed by atoms with Crippen molar-refractivity contribution in [2.75, 3.05) is 0 Å². The second-order valence-corrected chi connectivity index (χ2v) is 4.48. The van der Waals surface area contributed by atoms with Crippen LogP contribution >= 0.6 is 11.6 Å². The van der Waals surface area contributed by atoms with Crippen molar-refractivity contribution in [1.29, 1.82) is 0 Å². The molecule has 2 heteroatoms. The number of allylic oxidation sites excluding steroid dienone is 2. The van der Waals surface area contributed by atoms with Gasteiger partial charge in [-0.05, 0) is 25.8 Å². The van der Waals surface area contributed by atoms with Crippen molar-refractivity contribution in [2.45, 2.75) is 31.2 Å². The maximum Gasteiger partial charge on any atom is 0.120 e. The van der Waals surface area contributed by atoms with Crippen LogP contribution in [0.25, 0.3) is 0 Å². The van der Waals surface area contributed by atoms with Crippen molar-refractivity contribution >= 4 is 11.6 Å². The van der Waals surface area contributed by atoms with Crippen LogP contribution in [0.1, 0.15) is 20.3 Å². The van der Waals surface area contributed by atoms with E-state index in [-0.39, 0.29) is 11.3 Å². The molecule has 1 N–H and O–H groups in total. The van der Waals surface area contributed by atoms with Gasteiger partial charge in [-0.15, -0.1) is 11.6 Å². The molecule has 0 aromatic carbocycles. The van der Waals surface area contributed by atoms with Gasteiger partial charge in [-0.3, -0.25) is 0 Å². The molecule has 1 aliphatic rings. The van der Waals surface area contributed by atoms with Crippen LogP contribution in [0.4, 0.5) is 0 Å². The predicted octanol–water partition coefficient (Wildman–Crippen LogP) is 3.05. The minimum Gasteiger partial charge on any atom is -0.380 e. The molecule has 0 unspecified atom stereocenters. The molecule has 0 spiro atoms. The molecule has 0 heterocycles. The average molecular weight is 213 g/mol. The molecular weight excluding hydrogens is 196 g/mol. The molecule has 1 nitrogen and oxygen atoms in total. The van der Waals surface area contributed by atoms with Gasteiger partial charge in [0.2, 0.25) is 0 Å². The van der Waals surface area contributed by atoms with Crippen LogP contribution in [0, 0.1) is 5.92 Å². The van der Waals surface area contributed by atoms with E-state index in [1.165, 1.54) is 6.08 Å². The number of hydrogen-bond donors (Lipinski definition) is 1. The Hall–Kier alpha value is -0.530. The summed E-state index contributed by atoms with van der Waals surface area (Å²) in [5, 5.41) is 9.92. The Morgan fingerprint density at radius 1 is 1.79 bits per heavy atom. The summed E-state index contributed by atoms with van der Waals surface area (Å²) in [5.74, 6) is 0.128. The lowest BCUT2D eigenvalue weighted by Crippen LogP contribution is -2.45. The third-order valence-electron chi connectivity index (χ3n) is 3.03. The standard InChI is InChI=1S/C12H17ClO/c1-5-12(14)9(4)6-7-10(8(2)3)11(12)13/h5-6,10-11,14H,1-2,7H2,3-4H3/t10-,11-,12+/m1/s1. The normalized spacial score (nSPS) is 37.6.